The molecular formula is C28H24Cl2N2O7S. The van der Waals surface area contributed by atoms with Gasteiger partial charge in [-0.15, -0.1) is 0 Å². The first-order valence-corrected chi connectivity index (χ1v) is 13.3. The van der Waals surface area contributed by atoms with Crippen molar-refractivity contribution in [3.63, 3.8) is 0 Å². The van der Waals surface area contributed by atoms with Gasteiger partial charge in [0.1, 0.15) is 0 Å². The number of thioether (sulfide) groups is 1. The summed E-state index contributed by atoms with van der Waals surface area (Å²) in [4.78, 5) is 39.9. The van der Waals surface area contributed by atoms with Gasteiger partial charge < -0.3 is 24.3 Å². The second kappa shape index (κ2) is 13.7. The summed E-state index contributed by atoms with van der Waals surface area (Å²) in [5.74, 6) is -0.0319. The number of nitrogens with zero attached hydrogens (tertiary/aromatic N) is 1. The first-order chi connectivity index (χ1) is 19.3. The van der Waals surface area contributed by atoms with Crippen molar-refractivity contribution in [2.45, 2.75) is 6.54 Å². The van der Waals surface area contributed by atoms with E-state index in [0.717, 1.165) is 16.7 Å². The lowest BCUT2D eigenvalue weighted by atomic mass is 10.1. The van der Waals surface area contributed by atoms with Gasteiger partial charge >= 0.3 is 0 Å². The fraction of sp³-hybridized carbons (Fsp3) is 0.179. The SMILES string of the molecule is COCOc1ccc(NC(=O)c2cccc(/C=C3/SC(=O)N(Cc4ccc(Cl)c(Cl)c4)C3=O)c2)cc1OCOC. The Hall–Kier alpha value is -3.54. The Balaban J connectivity index is 1.47. The highest BCUT2D eigenvalue weighted by Crippen LogP contribution is 2.34. The Morgan fingerprint density at radius 2 is 1.68 bits per heavy atom. The van der Waals surface area contributed by atoms with Crippen LogP contribution in [0.25, 0.3) is 6.08 Å². The number of imide groups is 1. The fourth-order valence-electron chi connectivity index (χ4n) is 3.64. The zero-order valence-corrected chi connectivity index (χ0v) is 23.8. The summed E-state index contributed by atoms with van der Waals surface area (Å²) >= 11 is 12.8. The Bertz CT molecular complexity index is 1460. The number of rotatable bonds is 11. The van der Waals surface area contributed by atoms with Crippen LogP contribution in [0.5, 0.6) is 11.5 Å². The van der Waals surface area contributed by atoms with Crippen LogP contribution in [-0.4, -0.2) is 49.8 Å². The van der Waals surface area contributed by atoms with E-state index in [1.165, 1.54) is 14.2 Å². The molecule has 1 N–H and O–H groups in total. The van der Waals surface area contributed by atoms with E-state index in [1.54, 1.807) is 66.7 Å². The number of hydrogen-bond donors (Lipinski definition) is 1. The van der Waals surface area contributed by atoms with E-state index < -0.39 is 11.1 Å². The van der Waals surface area contributed by atoms with Crippen molar-refractivity contribution in [3.05, 3.63) is 92.3 Å². The topological polar surface area (TPSA) is 103 Å². The maximum atomic E-state index is 13.0. The summed E-state index contributed by atoms with van der Waals surface area (Å²) in [7, 11) is 2.99. The van der Waals surface area contributed by atoms with Gasteiger partial charge in [-0.2, -0.15) is 0 Å². The molecule has 0 aliphatic carbocycles. The largest absolute Gasteiger partial charge is 0.464 e. The third-order valence-corrected chi connectivity index (χ3v) is 7.16. The number of halogens is 2. The molecule has 4 rings (SSSR count). The van der Waals surface area contributed by atoms with Gasteiger partial charge in [0.15, 0.2) is 25.1 Å². The molecular weight excluding hydrogens is 579 g/mol. The third-order valence-electron chi connectivity index (χ3n) is 5.51. The Morgan fingerprint density at radius 1 is 0.925 bits per heavy atom. The molecule has 1 saturated heterocycles. The van der Waals surface area contributed by atoms with Gasteiger partial charge in [-0.1, -0.05) is 41.4 Å². The number of hydrogen-bond acceptors (Lipinski definition) is 8. The third kappa shape index (κ3) is 7.35. The number of ether oxygens (including phenoxy) is 4. The van der Waals surface area contributed by atoms with Crippen LogP contribution in [0, 0.1) is 0 Å². The van der Waals surface area contributed by atoms with Crippen LogP contribution in [0.2, 0.25) is 10.0 Å². The van der Waals surface area contributed by atoms with E-state index >= 15 is 0 Å². The van der Waals surface area contributed by atoms with Crippen LogP contribution in [0.4, 0.5) is 10.5 Å². The molecule has 1 fully saturated rings. The van der Waals surface area contributed by atoms with E-state index in [2.05, 4.69) is 5.32 Å². The molecule has 3 aromatic rings. The van der Waals surface area contributed by atoms with Crippen LogP contribution >= 0.6 is 35.0 Å². The minimum Gasteiger partial charge on any atom is -0.464 e. The molecule has 3 aromatic carbocycles. The standard InChI is InChI=1S/C28H24Cl2N2O7S/c1-36-15-38-23-9-7-20(13-24(23)39-16-37-2)31-26(33)19-5-3-4-17(10-19)12-25-27(34)32(28(35)40-25)14-18-6-8-21(29)22(30)11-18/h3-13H,14-16H2,1-2H3,(H,31,33)/b25-12+. The molecule has 0 unspecified atom stereocenters. The van der Waals surface area contributed by atoms with E-state index in [9.17, 15) is 14.4 Å². The molecule has 12 heteroatoms. The second-order valence-electron chi connectivity index (χ2n) is 8.36. The maximum absolute atomic E-state index is 13.0. The van der Waals surface area contributed by atoms with Crippen LogP contribution in [-0.2, 0) is 20.8 Å². The van der Waals surface area contributed by atoms with Gasteiger partial charge in [0, 0.05) is 31.5 Å². The summed E-state index contributed by atoms with van der Waals surface area (Å²) in [5, 5.41) is 3.14. The molecule has 3 amide bonds. The second-order valence-corrected chi connectivity index (χ2v) is 10.2. The monoisotopic (exact) mass is 602 g/mol. The Morgan fingerprint density at radius 3 is 2.40 bits per heavy atom. The molecule has 1 aliphatic rings. The number of benzene rings is 3. The fourth-order valence-corrected chi connectivity index (χ4v) is 4.80. The summed E-state index contributed by atoms with van der Waals surface area (Å²) < 4.78 is 20.9. The van der Waals surface area contributed by atoms with Crippen molar-refractivity contribution >= 4 is 63.8 Å². The van der Waals surface area contributed by atoms with E-state index in [4.69, 9.17) is 42.1 Å². The van der Waals surface area contributed by atoms with E-state index in [-0.39, 0.29) is 30.9 Å². The molecule has 1 aliphatic heterocycles. The molecule has 0 spiro atoms. The lowest BCUT2D eigenvalue weighted by molar-refractivity contribution is -0.123. The lowest BCUT2D eigenvalue weighted by Gasteiger charge is -2.14. The number of carbonyl (C=O) groups excluding carboxylic acids is 3. The van der Waals surface area contributed by atoms with Gasteiger partial charge in [-0.25, -0.2) is 0 Å². The Labute approximate surface area is 244 Å². The quantitative estimate of drug-likeness (QED) is 0.197. The van der Waals surface area contributed by atoms with Crippen molar-refractivity contribution in [1.29, 1.82) is 0 Å². The van der Waals surface area contributed by atoms with Gasteiger partial charge in [-0.3, -0.25) is 19.3 Å². The number of anilines is 1. The average molecular weight is 603 g/mol. The molecule has 0 radical (unpaired) electrons. The average Bonchev–Trinajstić information content (AvgIpc) is 3.20. The van der Waals surface area contributed by atoms with Gasteiger partial charge in [0.2, 0.25) is 0 Å². The Kier molecular flexibility index (Phi) is 10.1. The van der Waals surface area contributed by atoms with Gasteiger partial charge in [0.25, 0.3) is 17.1 Å². The molecule has 9 nitrogen and oxygen atoms in total. The number of nitrogens with one attached hydrogen (secondary N) is 1. The van der Waals surface area contributed by atoms with Crippen LogP contribution in [0.1, 0.15) is 21.5 Å². The molecule has 0 saturated carbocycles. The summed E-state index contributed by atoms with van der Waals surface area (Å²) in [6.45, 7) is 0.0747. The number of amides is 3. The molecule has 0 atom stereocenters. The summed E-state index contributed by atoms with van der Waals surface area (Å²) in [6, 6.07) is 16.5. The van der Waals surface area contributed by atoms with Crippen molar-refractivity contribution < 1.29 is 33.3 Å². The van der Waals surface area contributed by atoms with E-state index in [0.29, 0.717) is 43.9 Å². The highest BCUT2D eigenvalue weighted by atomic mass is 35.5. The van der Waals surface area contributed by atoms with Crippen LogP contribution in [0.3, 0.4) is 0 Å². The minimum absolute atomic E-state index is 0.0123. The highest BCUT2D eigenvalue weighted by Gasteiger charge is 2.35. The van der Waals surface area contributed by atoms with Crippen LogP contribution < -0.4 is 14.8 Å². The van der Waals surface area contributed by atoms with Crippen molar-refractivity contribution in [2.24, 2.45) is 0 Å². The zero-order valence-electron chi connectivity index (χ0n) is 21.4. The van der Waals surface area contributed by atoms with Crippen molar-refractivity contribution in [3.8, 4) is 11.5 Å². The van der Waals surface area contributed by atoms with Crippen molar-refractivity contribution in [1.82, 2.24) is 4.90 Å². The molecule has 40 heavy (non-hydrogen) atoms. The smallest absolute Gasteiger partial charge is 0.293 e. The highest BCUT2D eigenvalue weighted by molar-refractivity contribution is 8.18. The first-order valence-electron chi connectivity index (χ1n) is 11.8. The first kappa shape index (κ1) is 29.4. The number of carbonyl (C=O) groups is 3. The maximum Gasteiger partial charge on any atom is 0.293 e. The number of methoxy groups -OCH3 is 2. The molecule has 1 heterocycles. The molecule has 0 aromatic heterocycles. The van der Waals surface area contributed by atoms with Gasteiger partial charge in [-0.05, 0) is 65.4 Å². The molecule has 208 valence electrons. The van der Waals surface area contributed by atoms with E-state index in [1.807, 2.05) is 0 Å². The minimum atomic E-state index is -0.435. The van der Waals surface area contributed by atoms with Crippen molar-refractivity contribution in [2.75, 3.05) is 33.1 Å². The lowest BCUT2D eigenvalue weighted by Crippen LogP contribution is -2.27. The summed E-state index contributed by atoms with van der Waals surface area (Å²) in [5.41, 5.74) is 2.07. The van der Waals surface area contributed by atoms with Crippen LogP contribution in [0.15, 0.2) is 65.6 Å². The van der Waals surface area contributed by atoms with Gasteiger partial charge in [0.05, 0.1) is 21.5 Å². The molecule has 0 bridgehead atoms. The zero-order chi connectivity index (χ0) is 28.6. The predicted octanol–water partition coefficient (Wildman–Crippen LogP) is 6.45. The summed E-state index contributed by atoms with van der Waals surface area (Å²) in [6.07, 6.45) is 1.58. The predicted molar refractivity (Wildman–Crippen MR) is 154 cm³/mol. The normalized spacial score (nSPS) is 14.1.